The quantitative estimate of drug-likeness (QED) is 0.0826. The second-order valence-corrected chi connectivity index (χ2v) is 18.6. The van der Waals surface area contributed by atoms with E-state index in [1.807, 2.05) is 41.3 Å². The number of H-pyrrole nitrogens is 1. The van der Waals surface area contributed by atoms with Gasteiger partial charge in [-0.2, -0.15) is 4.98 Å². The number of ether oxygens (including phenoxy) is 3. The molecule has 336 valence electrons. The minimum atomic E-state index is -4.59. The highest BCUT2D eigenvalue weighted by Gasteiger charge is 2.30. The number of pyridine rings is 1. The molecule has 0 unspecified atom stereocenters. The maximum Gasteiger partial charge on any atom is 0.293 e. The number of nitro benzene ring substituents is 1. The van der Waals surface area contributed by atoms with Gasteiger partial charge in [-0.25, -0.2) is 13.1 Å². The van der Waals surface area contributed by atoms with Crippen LogP contribution in [0.15, 0.2) is 89.5 Å². The molecule has 0 bridgehead atoms. The normalized spacial score (nSPS) is 18.8. The van der Waals surface area contributed by atoms with Crippen LogP contribution in [0.5, 0.6) is 5.88 Å². The first-order chi connectivity index (χ1) is 31.1. The van der Waals surface area contributed by atoms with Crippen LogP contribution in [-0.4, -0.2) is 112 Å². The zero-order valence-electron chi connectivity index (χ0n) is 35.4. The monoisotopic (exact) mass is 910 g/mol. The van der Waals surface area contributed by atoms with E-state index in [1.54, 1.807) is 12.3 Å². The van der Waals surface area contributed by atoms with Gasteiger partial charge in [0.05, 0.1) is 53.6 Å². The van der Waals surface area contributed by atoms with Crippen molar-refractivity contribution < 1.29 is 32.3 Å². The Kier molecular flexibility index (Phi) is 13.0. The first-order valence-corrected chi connectivity index (χ1v) is 23.7. The van der Waals surface area contributed by atoms with Gasteiger partial charge in [0.1, 0.15) is 17.0 Å². The van der Waals surface area contributed by atoms with E-state index in [4.69, 9.17) is 30.8 Å². The zero-order chi connectivity index (χ0) is 44.2. The number of hydrogen-bond donors (Lipinski definition) is 3. The summed E-state index contributed by atoms with van der Waals surface area (Å²) in [6, 6.07) is 21.0. The van der Waals surface area contributed by atoms with Crippen LogP contribution >= 0.6 is 11.6 Å². The molecular formula is C46H51ClN8O8S. The van der Waals surface area contributed by atoms with Crippen LogP contribution in [0.1, 0.15) is 54.4 Å². The Labute approximate surface area is 376 Å². The lowest BCUT2D eigenvalue weighted by molar-refractivity contribution is -0.384. The molecule has 2 saturated heterocycles. The number of aromatic amines is 1. The van der Waals surface area contributed by atoms with E-state index in [1.165, 1.54) is 48.1 Å². The number of halogens is 1. The van der Waals surface area contributed by atoms with Gasteiger partial charge in [0.15, 0.2) is 0 Å². The number of anilines is 4. The third kappa shape index (κ3) is 9.68. The van der Waals surface area contributed by atoms with Gasteiger partial charge in [-0.15, -0.1) is 0 Å². The Balaban J connectivity index is 0.986. The van der Waals surface area contributed by atoms with E-state index in [0.717, 1.165) is 67.7 Å². The van der Waals surface area contributed by atoms with E-state index >= 15 is 0 Å². The van der Waals surface area contributed by atoms with Crippen molar-refractivity contribution in [3.8, 4) is 5.88 Å². The average molecular weight is 911 g/mol. The maximum absolute atomic E-state index is 14.3. The molecule has 0 spiro atoms. The number of carbonyl (C=O) groups is 1. The third-order valence-corrected chi connectivity index (χ3v) is 13.9. The van der Waals surface area contributed by atoms with Gasteiger partial charge < -0.3 is 34.3 Å². The predicted octanol–water partition coefficient (Wildman–Crippen LogP) is 7.53. The zero-order valence-corrected chi connectivity index (χ0v) is 37.0. The molecule has 3 aromatic carbocycles. The molecule has 18 heteroatoms. The van der Waals surface area contributed by atoms with Gasteiger partial charge in [-0.05, 0) is 97.8 Å². The summed E-state index contributed by atoms with van der Waals surface area (Å²) in [5, 5.41) is 16.7. The topological polar surface area (TPSA) is 185 Å². The number of carbonyl (C=O) groups excluding carboxylic acids is 1. The summed E-state index contributed by atoms with van der Waals surface area (Å²) in [5.41, 5.74) is 6.59. The molecule has 16 nitrogen and oxygen atoms in total. The van der Waals surface area contributed by atoms with Crippen LogP contribution in [0.4, 0.5) is 28.4 Å². The number of nitrogens with zero attached hydrogens (tertiary/aromatic N) is 5. The van der Waals surface area contributed by atoms with E-state index in [-0.39, 0.29) is 23.9 Å². The maximum atomic E-state index is 14.3. The predicted molar refractivity (Wildman–Crippen MR) is 247 cm³/mol. The van der Waals surface area contributed by atoms with Crippen LogP contribution in [0, 0.1) is 10.1 Å². The summed E-state index contributed by atoms with van der Waals surface area (Å²) in [5.74, 6) is -0.499. The van der Waals surface area contributed by atoms with E-state index < -0.39 is 31.4 Å². The molecule has 3 aliphatic heterocycles. The van der Waals surface area contributed by atoms with Crippen LogP contribution in [0.25, 0.3) is 16.6 Å². The molecule has 2 aromatic heterocycles. The number of aromatic nitrogens is 2. The Bertz CT molecular complexity index is 2660. The molecule has 3 N–H and O–H groups in total. The minimum absolute atomic E-state index is 0.102. The van der Waals surface area contributed by atoms with Crippen molar-refractivity contribution in [1.82, 2.24) is 19.6 Å². The van der Waals surface area contributed by atoms with Crippen LogP contribution in [0.2, 0.25) is 5.02 Å². The second-order valence-electron chi connectivity index (χ2n) is 16.5. The molecule has 2 fully saturated rings. The van der Waals surface area contributed by atoms with Crippen molar-refractivity contribution in [3.05, 3.63) is 111 Å². The average Bonchev–Trinajstić information content (AvgIpc) is 3.50. The fraction of sp³-hybridized carbons (Fsp3) is 0.391. The Morgan fingerprint density at radius 2 is 1.73 bits per heavy atom. The summed E-state index contributed by atoms with van der Waals surface area (Å²) in [4.78, 5) is 40.1. The third-order valence-electron chi connectivity index (χ3n) is 12.3. The molecule has 64 heavy (non-hydrogen) atoms. The molecule has 5 aromatic rings. The Hall–Kier alpha value is -5.72. The number of sulfonamides is 1. The lowest BCUT2D eigenvalue weighted by atomic mass is 9.95. The minimum Gasteiger partial charge on any atom is -0.476 e. The van der Waals surface area contributed by atoms with E-state index in [9.17, 15) is 23.3 Å². The number of nitrogens with one attached hydrogen (secondary N) is 3. The number of amides is 1. The van der Waals surface area contributed by atoms with Crippen molar-refractivity contribution in [2.24, 2.45) is 0 Å². The van der Waals surface area contributed by atoms with Gasteiger partial charge in [0, 0.05) is 74.2 Å². The standard InChI is InChI=1S/C46H51ClN8O8S/c47-34-9-7-31(8-10-34)38-6-3-1-2-5-33(38)29-52-18-20-53(21-19-52)35-11-13-39(41(26-35)54-17-4-22-63-46-43(54)25-32-15-16-48-44(32)50-46)45(56)51-64(59,60)37-12-14-40(42(27-37)55(57)58)49-28-36-30-61-23-24-62-36/h7-16,25-27,36,49H,1-6,17-24,28-30H2,(H,48,50)(H,51,56)/t36-/m0/s1. The van der Waals surface area contributed by atoms with Gasteiger partial charge in [0.2, 0.25) is 5.88 Å². The van der Waals surface area contributed by atoms with Crippen molar-refractivity contribution in [3.63, 3.8) is 0 Å². The second kappa shape index (κ2) is 19.2. The number of nitro groups is 1. The number of fused-ring (bicyclic) bond motifs is 2. The Morgan fingerprint density at radius 1 is 0.906 bits per heavy atom. The Morgan fingerprint density at radius 3 is 2.53 bits per heavy atom. The summed E-state index contributed by atoms with van der Waals surface area (Å²) in [7, 11) is -4.59. The van der Waals surface area contributed by atoms with Crippen LogP contribution in [0.3, 0.4) is 0 Å². The molecular weight excluding hydrogens is 860 g/mol. The first-order valence-electron chi connectivity index (χ1n) is 21.8. The van der Waals surface area contributed by atoms with Crippen molar-refractivity contribution in [2.75, 3.05) is 87.4 Å². The molecule has 1 atom stereocenters. The number of allylic oxidation sites excluding steroid dienone is 1. The van der Waals surface area contributed by atoms with Gasteiger partial charge >= 0.3 is 0 Å². The summed E-state index contributed by atoms with van der Waals surface area (Å²) >= 11 is 6.24. The summed E-state index contributed by atoms with van der Waals surface area (Å²) in [6.07, 6.45) is 7.80. The number of piperazine rings is 1. The highest BCUT2D eigenvalue weighted by atomic mass is 35.5. The fourth-order valence-electron chi connectivity index (χ4n) is 8.99. The molecule has 5 heterocycles. The molecule has 9 rings (SSSR count). The van der Waals surface area contributed by atoms with Crippen LogP contribution in [-0.2, 0) is 19.5 Å². The molecule has 0 saturated carbocycles. The highest BCUT2D eigenvalue weighted by molar-refractivity contribution is 7.90. The molecule has 1 amide bonds. The van der Waals surface area contributed by atoms with Crippen molar-refractivity contribution in [1.29, 1.82) is 0 Å². The van der Waals surface area contributed by atoms with Gasteiger partial charge in [-0.3, -0.25) is 19.8 Å². The lowest BCUT2D eigenvalue weighted by Crippen LogP contribution is -2.47. The lowest BCUT2D eigenvalue weighted by Gasteiger charge is -2.37. The SMILES string of the molecule is O=C(NS(=O)(=O)c1ccc(NC[C@H]2COCCO2)c([N+](=O)[O-])c1)c1ccc(N2CCN(CC3=C(c4ccc(Cl)cc4)CCCCC3)CC2)cc1N1CCCOc2nc3[nH]ccc3cc21. The molecule has 1 aliphatic carbocycles. The largest absolute Gasteiger partial charge is 0.476 e. The molecule has 0 radical (unpaired) electrons. The van der Waals surface area contributed by atoms with Gasteiger partial charge in [0.25, 0.3) is 21.6 Å². The number of rotatable bonds is 12. The summed E-state index contributed by atoms with van der Waals surface area (Å²) in [6.45, 7) is 6.36. The van der Waals surface area contributed by atoms with Crippen LogP contribution < -0.4 is 24.6 Å². The van der Waals surface area contributed by atoms with E-state index in [2.05, 4.69) is 37.0 Å². The fourth-order valence-corrected chi connectivity index (χ4v) is 10.1. The number of benzene rings is 3. The van der Waals surface area contributed by atoms with Crippen molar-refractivity contribution in [2.45, 2.75) is 49.5 Å². The summed E-state index contributed by atoms with van der Waals surface area (Å²) < 4.78 is 47.2. The number of hydrogen-bond acceptors (Lipinski definition) is 13. The first kappa shape index (κ1) is 43.5. The molecule has 4 aliphatic rings. The van der Waals surface area contributed by atoms with Crippen molar-refractivity contribution >= 4 is 72.6 Å². The smallest absolute Gasteiger partial charge is 0.293 e. The van der Waals surface area contributed by atoms with E-state index in [0.29, 0.717) is 62.3 Å². The van der Waals surface area contributed by atoms with Gasteiger partial charge in [-0.1, -0.05) is 35.7 Å². The highest BCUT2D eigenvalue weighted by Crippen LogP contribution is 2.41.